The molecule has 0 bridgehead atoms. The number of anilines is 1. The molecule has 3 nitrogen and oxygen atoms in total. The van der Waals surface area contributed by atoms with Crippen LogP contribution in [0, 0.1) is 12.3 Å². The zero-order valence-electron chi connectivity index (χ0n) is 11.7. The van der Waals surface area contributed by atoms with Crippen molar-refractivity contribution in [1.82, 2.24) is 0 Å². The third kappa shape index (κ3) is 4.44. The summed E-state index contributed by atoms with van der Waals surface area (Å²) in [5.74, 6) is 3.78. The molecule has 0 spiro atoms. The summed E-state index contributed by atoms with van der Waals surface area (Å²) in [4.78, 5) is 0. The first kappa shape index (κ1) is 15.3. The molecular weight excluding hydrogens is 330 g/mol. The average molecular weight is 346 g/mol. The SMILES string of the molecule is C#CCOc1ccc(CNc2ccc(Br)cc2)cc1OC. The second-order valence-electron chi connectivity index (χ2n) is 4.34. The Balaban J connectivity index is 2.03. The highest BCUT2D eigenvalue weighted by molar-refractivity contribution is 9.10. The molecule has 2 rings (SSSR count). The van der Waals surface area contributed by atoms with Crippen LogP contribution in [-0.2, 0) is 6.54 Å². The van der Waals surface area contributed by atoms with Gasteiger partial charge in [-0.3, -0.25) is 0 Å². The number of halogens is 1. The Labute approximate surface area is 133 Å². The quantitative estimate of drug-likeness (QED) is 0.800. The van der Waals surface area contributed by atoms with E-state index in [4.69, 9.17) is 15.9 Å². The van der Waals surface area contributed by atoms with Gasteiger partial charge in [0, 0.05) is 16.7 Å². The van der Waals surface area contributed by atoms with Gasteiger partial charge in [0.05, 0.1) is 7.11 Å². The number of terminal acetylenes is 1. The molecule has 4 heteroatoms. The van der Waals surface area contributed by atoms with Crippen molar-refractivity contribution in [2.24, 2.45) is 0 Å². The van der Waals surface area contributed by atoms with E-state index in [1.54, 1.807) is 7.11 Å². The maximum Gasteiger partial charge on any atom is 0.162 e. The summed E-state index contributed by atoms with van der Waals surface area (Å²) in [5, 5.41) is 3.35. The summed E-state index contributed by atoms with van der Waals surface area (Å²) in [6.45, 7) is 0.931. The molecule has 2 aromatic rings. The molecule has 0 radical (unpaired) electrons. The van der Waals surface area contributed by atoms with Crippen molar-refractivity contribution in [3.63, 3.8) is 0 Å². The highest BCUT2D eigenvalue weighted by Crippen LogP contribution is 2.28. The molecule has 0 saturated heterocycles. The van der Waals surface area contributed by atoms with Crippen LogP contribution in [0.2, 0.25) is 0 Å². The summed E-state index contributed by atoms with van der Waals surface area (Å²) in [7, 11) is 1.62. The number of rotatable bonds is 6. The van der Waals surface area contributed by atoms with Gasteiger partial charge in [-0.25, -0.2) is 0 Å². The minimum absolute atomic E-state index is 0.229. The Morgan fingerprint density at radius 3 is 2.57 bits per heavy atom. The fourth-order valence-electron chi connectivity index (χ4n) is 1.83. The lowest BCUT2D eigenvalue weighted by molar-refractivity contribution is 0.330. The lowest BCUT2D eigenvalue weighted by atomic mass is 10.2. The third-order valence-corrected chi connectivity index (χ3v) is 3.41. The molecule has 0 saturated carbocycles. The van der Waals surface area contributed by atoms with Crippen molar-refractivity contribution in [1.29, 1.82) is 0 Å². The smallest absolute Gasteiger partial charge is 0.162 e. The van der Waals surface area contributed by atoms with Crippen molar-refractivity contribution in [3.8, 4) is 23.8 Å². The van der Waals surface area contributed by atoms with Gasteiger partial charge in [0.1, 0.15) is 6.61 Å². The van der Waals surface area contributed by atoms with Gasteiger partial charge < -0.3 is 14.8 Å². The van der Waals surface area contributed by atoms with Gasteiger partial charge in [-0.1, -0.05) is 27.9 Å². The van der Waals surface area contributed by atoms with E-state index in [1.165, 1.54) is 0 Å². The molecule has 0 aliphatic carbocycles. The first-order valence-electron chi connectivity index (χ1n) is 6.45. The van der Waals surface area contributed by atoms with Crippen LogP contribution in [-0.4, -0.2) is 13.7 Å². The van der Waals surface area contributed by atoms with Crippen LogP contribution in [0.4, 0.5) is 5.69 Å². The Bertz CT molecular complexity index is 632. The lowest BCUT2D eigenvalue weighted by Crippen LogP contribution is -2.01. The van der Waals surface area contributed by atoms with Gasteiger partial charge in [-0.15, -0.1) is 6.42 Å². The van der Waals surface area contributed by atoms with E-state index in [2.05, 4.69) is 27.2 Å². The molecular formula is C17H16BrNO2. The Hall–Kier alpha value is -2.12. The standard InChI is InChI=1S/C17H16BrNO2/c1-3-10-21-16-9-4-13(11-17(16)20-2)12-19-15-7-5-14(18)6-8-15/h1,4-9,11,19H,10,12H2,2H3. The first-order chi connectivity index (χ1) is 10.2. The first-order valence-corrected chi connectivity index (χ1v) is 7.25. The van der Waals surface area contributed by atoms with Crippen LogP contribution in [0.5, 0.6) is 11.5 Å². The Morgan fingerprint density at radius 1 is 1.14 bits per heavy atom. The van der Waals surface area contributed by atoms with E-state index in [9.17, 15) is 0 Å². The van der Waals surface area contributed by atoms with Crippen LogP contribution in [0.15, 0.2) is 46.9 Å². The second kappa shape index (κ2) is 7.61. The van der Waals surface area contributed by atoms with E-state index in [0.29, 0.717) is 18.0 Å². The van der Waals surface area contributed by atoms with Gasteiger partial charge in [-0.05, 0) is 42.0 Å². The molecule has 0 aromatic heterocycles. The molecule has 2 aromatic carbocycles. The largest absolute Gasteiger partial charge is 0.493 e. The van der Waals surface area contributed by atoms with Crippen LogP contribution in [0.25, 0.3) is 0 Å². The summed E-state index contributed by atoms with van der Waals surface area (Å²) >= 11 is 3.42. The predicted octanol–water partition coefficient (Wildman–Crippen LogP) is 4.08. The van der Waals surface area contributed by atoms with E-state index in [0.717, 1.165) is 15.7 Å². The van der Waals surface area contributed by atoms with Gasteiger partial charge in [0.2, 0.25) is 0 Å². The maximum atomic E-state index is 5.42. The van der Waals surface area contributed by atoms with Crippen molar-refractivity contribution in [2.75, 3.05) is 19.0 Å². The van der Waals surface area contributed by atoms with Crippen LogP contribution in [0.1, 0.15) is 5.56 Å². The number of hydrogen-bond acceptors (Lipinski definition) is 3. The van der Waals surface area contributed by atoms with E-state index in [1.807, 2.05) is 42.5 Å². The third-order valence-electron chi connectivity index (χ3n) is 2.88. The minimum Gasteiger partial charge on any atom is -0.493 e. The van der Waals surface area contributed by atoms with Crippen LogP contribution >= 0.6 is 15.9 Å². The number of ether oxygens (including phenoxy) is 2. The van der Waals surface area contributed by atoms with Crippen molar-refractivity contribution < 1.29 is 9.47 Å². The molecule has 0 heterocycles. The average Bonchev–Trinajstić information content (AvgIpc) is 2.52. The highest BCUT2D eigenvalue weighted by atomic mass is 79.9. The molecule has 0 aliphatic rings. The molecule has 0 fully saturated rings. The molecule has 0 aliphatic heterocycles. The Morgan fingerprint density at radius 2 is 1.90 bits per heavy atom. The predicted molar refractivity (Wildman–Crippen MR) is 88.8 cm³/mol. The van der Waals surface area contributed by atoms with E-state index < -0.39 is 0 Å². The molecule has 0 atom stereocenters. The van der Waals surface area contributed by atoms with Gasteiger partial charge in [0.25, 0.3) is 0 Å². The Kier molecular flexibility index (Phi) is 5.53. The molecule has 0 amide bonds. The zero-order chi connectivity index (χ0) is 15.1. The fourth-order valence-corrected chi connectivity index (χ4v) is 2.10. The number of nitrogens with one attached hydrogen (secondary N) is 1. The lowest BCUT2D eigenvalue weighted by Gasteiger charge is -2.12. The molecule has 1 N–H and O–H groups in total. The normalized spacial score (nSPS) is 9.76. The van der Waals surface area contributed by atoms with Crippen LogP contribution in [0.3, 0.4) is 0 Å². The van der Waals surface area contributed by atoms with E-state index >= 15 is 0 Å². The number of methoxy groups -OCH3 is 1. The monoisotopic (exact) mass is 345 g/mol. The number of benzene rings is 2. The maximum absolute atomic E-state index is 5.42. The molecule has 0 unspecified atom stereocenters. The fraction of sp³-hybridized carbons (Fsp3) is 0.176. The molecule has 21 heavy (non-hydrogen) atoms. The summed E-state index contributed by atoms with van der Waals surface area (Å²) in [6, 6.07) is 13.8. The van der Waals surface area contributed by atoms with E-state index in [-0.39, 0.29) is 6.61 Å². The van der Waals surface area contributed by atoms with Crippen molar-refractivity contribution >= 4 is 21.6 Å². The van der Waals surface area contributed by atoms with Gasteiger partial charge >= 0.3 is 0 Å². The highest BCUT2D eigenvalue weighted by Gasteiger charge is 2.05. The zero-order valence-corrected chi connectivity index (χ0v) is 13.3. The van der Waals surface area contributed by atoms with Gasteiger partial charge in [-0.2, -0.15) is 0 Å². The topological polar surface area (TPSA) is 30.5 Å². The van der Waals surface area contributed by atoms with Crippen LogP contribution < -0.4 is 14.8 Å². The van der Waals surface area contributed by atoms with Crippen molar-refractivity contribution in [2.45, 2.75) is 6.54 Å². The second-order valence-corrected chi connectivity index (χ2v) is 5.25. The van der Waals surface area contributed by atoms with Crippen molar-refractivity contribution in [3.05, 3.63) is 52.5 Å². The molecule has 108 valence electrons. The summed E-state index contributed by atoms with van der Waals surface area (Å²) in [5.41, 5.74) is 2.16. The minimum atomic E-state index is 0.229. The number of hydrogen-bond donors (Lipinski definition) is 1. The van der Waals surface area contributed by atoms with Gasteiger partial charge in [0.15, 0.2) is 11.5 Å². The summed E-state index contributed by atoms with van der Waals surface area (Å²) in [6.07, 6.45) is 5.19. The summed E-state index contributed by atoms with van der Waals surface area (Å²) < 4.78 is 11.8.